The van der Waals surface area contributed by atoms with Gasteiger partial charge in [0, 0.05) is 19.1 Å². The number of halogens is 1. The molecule has 0 spiro atoms. The van der Waals surface area contributed by atoms with Gasteiger partial charge in [-0.2, -0.15) is 4.72 Å². The van der Waals surface area contributed by atoms with Crippen LogP contribution in [-0.4, -0.2) is 44.4 Å². The number of rotatable bonds is 4. The lowest BCUT2D eigenvalue weighted by Crippen LogP contribution is -2.50. The molecular formula is C12H20ClN3O3S2. The summed E-state index contributed by atoms with van der Waals surface area (Å²) in [5.41, 5.74) is 5.79. The Hall–Kier alpha value is -0.670. The molecule has 3 N–H and O–H groups in total. The number of nitrogens with one attached hydrogen (secondary N) is 1. The number of amides is 1. The Morgan fingerprint density at radius 3 is 2.62 bits per heavy atom. The van der Waals surface area contributed by atoms with E-state index in [-0.39, 0.29) is 28.6 Å². The number of carbonyl (C=O) groups is 1. The van der Waals surface area contributed by atoms with Crippen molar-refractivity contribution in [1.82, 2.24) is 9.62 Å². The highest BCUT2D eigenvalue weighted by Crippen LogP contribution is 2.16. The number of piperidine rings is 1. The van der Waals surface area contributed by atoms with Crippen LogP contribution in [-0.2, 0) is 14.8 Å². The van der Waals surface area contributed by atoms with Crippen LogP contribution in [0.3, 0.4) is 0 Å². The highest BCUT2D eigenvalue weighted by atomic mass is 35.5. The quantitative estimate of drug-likeness (QED) is 0.836. The number of hydrogen-bond acceptors (Lipinski definition) is 5. The van der Waals surface area contributed by atoms with Crippen molar-refractivity contribution in [3.05, 3.63) is 17.5 Å². The Morgan fingerprint density at radius 2 is 2.10 bits per heavy atom. The fourth-order valence-corrected chi connectivity index (χ4v) is 4.36. The van der Waals surface area contributed by atoms with E-state index in [1.165, 1.54) is 6.07 Å². The van der Waals surface area contributed by atoms with Gasteiger partial charge in [-0.05, 0) is 31.2 Å². The molecule has 120 valence electrons. The minimum atomic E-state index is -3.61. The highest BCUT2D eigenvalue weighted by molar-refractivity contribution is 7.91. The zero-order valence-corrected chi connectivity index (χ0v) is 14.1. The number of hydrogen-bond donors (Lipinski definition) is 2. The van der Waals surface area contributed by atoms with E-state index in [0.29, 0.717) is 13.1 Å². The first-order chi connectivity index (χ1) is 9.40. The predicted octanol–water partition coefficient (Wildman–Crippen LogP) is 0.786. The number of nitrogens with two attached hydrogens (primary N) is 1. The van der Waals surface area contributed by atoms with Gasteiger partial charge in [-0.25, -0.2) is 8.42 Å². The van der Waals surface area contributed by atoms with E-state index >= 15 is 0 Å². The van der Waals surface area contributed by atoms with Gasteiger partial charge in [0.25, 0.3) is 10.0 Å². The molecule has 1 aromatic rings. The molecule has 0 aromatic carbocycles. The first-order valence-corrected chi connectivity index (χ1v) is 8.86. The number of carbonyl (C=O) groups excluding carboxylic acids is 1. The van der Waals surface area contributed by atoms with Crippen molar-refractivity contribution in [2.75, 3.05) is 13.1 Å². The maximum Gasteiger partial charge on any atom is 0.250 e. The molecule has 9 heteroatoms. The fourth-order valence-electron chi connectivity index (χ4n) is 2.15. The maximum absolute atomic E-state index is 12.2. The SMILES string of the molecule is CC(NS(=O)(=O)c1cccs1)C(=O)N1CCC(N)CC1.Cl. The van der Waals surface area contributed by atoms with Gasteiger partial charge < -0.3 is 10.6 Å². The van der Waals surface area contributed by atoms with Crippen molar-refractivity contribution in [3.8, 4) is 0 Å². The van der Waals surface area contributed by atoms with E-state index in [9.17, 15) is 13.2 Å². The minimum Gasteiger partial charge on any atom is -0.341 e. The van der Waals surface area contributed by atoms with Gasteiger partial charge in [-0.3, -0.25) is 4.79 Å². The summed E-state index contributed by atoms with van der Waals surface area (Å²) >= 11 is 1.13. The van der Waals surface area contributed by atoms with Gasteiger partial charge in [-0.1, -0.05) is 6.07 Å². The molecule has 2 heterocycles. The van der Waals surface area contributed by atoms with Crippen LogP contribution in [0.5, 0.6) is 0 Å². The van der Waals surface area contributed by atoms with Crippen LogP contribution in [0.25, 0.3) is 0 Å². The zero-order chi connectivity index (χ0) is 14.8. The third-order valence-corrected chi connectivity index (χ3v) is 6.25. The number of likely N-dealkylation sites (tertiary alicyclic amines) is 1. The topological polar surface area (TPSA) is 92.5 Å². The number of thiophene rings is 1. The van der Waals surface area contributed by atoms with Crippen molar-refractivity contribution in [2.24, 2.45) is 5.73 Å². The van der Waals surface area contributed by atoms with Crippen LogP contribution in [0.4, 0.5) is 0 Å². The average Bonchev–Trinajstić information content (AvgIpc) is 2.93. The predicted molar refractivity (Wildman–Crippen MR) is 85.1 cm³/mol. The Bertz CT molecular complexity index is 554. The monoisotopic (exact) mass is 353 g/mol. The van der Waals surface area contributed by atoms with Crippen LogP contribution in [0, 0.1) is 0 Å². The van der Waals surface area contributed by atoms with Gasteiger partial charge in [-0.15, -0.1) is 23.7 Å². The van der Waals surface area contributed by atoms with Crippen LogP contribution < -0.4 is 10.5 Å². The summed E-state index contributed by atoms with van der Waals surface area (Å²) in [5.74, 6) is -0.197. The summed E-state index contributed by atoms with van der Waals surface area (Å²) in [6.45, 7) is 2.75. The second-order valence-electron chi connectivity index (χ2n) is 4.94. The molecular weight excluding hydrogens is 334 g/mol. The van der Waals surface area contributed by atoms with Crippen LogP contribution in [0.1, 0.15) is 19.8 Å². The van der Waals surface area contributed by atoms with E-state index < -0.39 is 16.1 Å². The summed E-state index contributed by atoms with van der Waals surface area (Å²) in [5, 5.41) is 1.69. The molecule has 21 heavy (non-hydrogen) atoms. The molecule has 1 aliphatic heterocycles. The molecule has 2 rings (SSSR count). The van der Waals surface area contributed by atoms with Crippen LogP contribution in [0.15, 0.2) is 21.7 Å². The van der Waals surface area contributed by atoms with Gasteiger partial charge in [0.1, 0.15) is 4.21 Å². The molecule has 0 aliphatic carbocycles. The second kappa shape index (κ2) is 7.55. The Kier molecular flexibility index (Phi) is 6.61. The van der Waals surface area contributed by atoms with Crippen molar-refractivity contribution in [1.29, 1.82) is 0 Å². The average molecular weight is 354 g/mol. The molecule has 0 radical (unpaired) electrons. The molecule has 1 aliphatic rings. The maximum atomic E-state index is 12.2. The summed E-state index contributed by atoms with van der Waals surface area (Å²) in [7, 11) is -3.61. The third-order valence-electron chi connectivity index (χ3n) is 3.31. The molecule has 1 fully saturated rings. The van der Waals surface area contributed by atoms with Crippen LogP contribution in [0.2, 0.25) is 0 Å². The summed E-state index contributed by atoms with van der Waals surface area (Å²) < 4.78 is 26.8. The number of sulfonamides is 1. The van der Waals surface area contributed by atoms with E-state index in [2.05, 4.69) is 4.72 Å². The zero-order valence-electron chi connectivity index (χ0n) is 11.7. The Morgan fingerprint density at radius 1 is 1.48 bits per heavy atom. The van der Waals surface area contributed by atoms with Gasteiger partial charge in [0.05, 0.1) is 6.04 Å². The first-order valence-electron chi connectivity index (χ1n) is 6.50. The molecule has 1 amide bonds. The largest absolute Gasteiger partial charge is 0.341 e. The molecule has 0 saturated carbocycles. The van der Waals surface area contributed by atoms with E-state index in [0.717, 1.165) is 24.2 Å². The lowest BCUT2D eigenvalue weighted by Gasteiger charge is -2.32. The second-order valence-corrected chi connectivity index (χ2v) is 7.83. The van der Waals surface area contributed by atoms with Crippen molar-refractivity contribution in [3.63, 3.8) is 0 Å². The Balaban J connectivity index is 0.00000220. The van der Waals surface area contributed by atoms with E-state index in [1.54, 1.807) is 23.3 Å². The first kappa shape index (κ1) is 18.4. The lowest BCUT2D eigenvalue weighted by molar-refractivity contribution is -0.133. The molecule has 1 saturated heterocycles. The molecule has 0 bridgehead atoms. The summed E-state index contributed by atoms with van der Waals surface area (Å²) in [6.07, 6.45) is 1.52. The highest BCUT2D eigenvalue weighted by Gasteiger charge is 2.28. The summed E-state index contributed by atoms with van der Waals surface area (Å²) in [6, 6.07) is 2.55. The molecule has 1 unspecified atom stereocenters. The van der Waals surface area contributed by atoms with Crippen LogP contribution >= 0.6 is 23.7 Å². The minimum absolute atomic E-state index is 0. The Labute approximate surface area is 135 Å². The van der Waals surface area contributed by atoms with Crippen molar-refractivity contribution in [2.45, 2.75) is 36.1 Å². The standard InChI is InChI=1S/C12H19N3O3S2.ClH/c1-9(12(16)15-6-4-10(13)5-7-15)14-20(17,18)11-3-2-8-19-11;/h2-3,8-10,14H,4-7,13H2,1H3;1H. The van der Waals surface area contributed by atoms with Gasteiger partial charge in [0.2, 0.25) is 5.91 Å². The molecule has 6 nitrogen and oxygen atoms in total. The third kappa shape index (κ3) is 4.65. The normalized spacial score (nSPS) is 18.1. The molecule has 1 atom stereocenters. The van der Waals surface area contributed by atoms with E-state index in [4.69, 9.17) is 5.73 Å². The molecule has 1 aromatic heterocycles. The van der Waals surface area contributed by atoms with E-state index in [1.807, 2.05) is 0 Å². The van der Waals surface area contributed by atoms with Crippen molar-refractivity contribution >= 4 is 39.7 Å². The number of nitrogens with zero attached hydrogens (tertiary/aromatic N) is 1. The lowest BCUT2D eigenvalue weighted by atomic mass is 10.1. The van der Waals surface area contributed by atoms with Gasteiger partial charge >= 0.3 is 0 Å². The summed E-state index contributed by atoms with van der Waals surface area (Å²) in [4.78, 5) is 13.9. The van der Waals surface area contributed by atoms with Crippen molar-refractivity contribution < 1.29 is 13.2 Å². The fraction of sp³-hybridized carbons (Fsp3) is 0.583. The smallest absolute Gasteiger partial charge is 0.250 e. The van der Waals surface area contributed by atoms with Gasteiger partial charge in [0.15, 0.2) is 0 Å².